The second-order valence-electron chi connectivity index (χ2n) is 10.5. The number of esters is 1. The SMILES string of the molecule is COC(=O)C(c1ccccc1)C(C1=C(O)CC(C)(C)CC1=O)C1=C(O)CC(C)(C)CC1=O. The van der Waals surface area contributed by atoms with E-state index in [1.54, 1.807) is 30.3 Å². The van der Waals surface area contributed by atoms with Crippen LogP contribution in [0.25, 0.3) is 0 Å². The van der Waals surface area contributed by atoms with Crippen molar-refractivity contribution in [3.63, 3.8) is 0 Å². The molecule has 1 aromatic carbocycles. The van der Waals surface area contributed by atoms with Crippen LogP contribution in [0.3, 0.4) is 0 Å². The molecule has 0 aromatic heterocycles. The number of rotatable bonds is 5. The van der Waals surface area contributed by atoms with Crippen LogP contribution in [0.1, 0.15) is 64.9 Å². The lowest BCUT2D eigenvalue weighted by atomic mass is 9.64. The van der Waals surface area contributed by atoms with Gasteiger partial charge in [0.2, 0.25) is 0 Å². The predicted octanol–water partition coefficient (Wildman–Crippen LogP) is 4.96. The van der Waals surface area contributed by atoms with Crippen LogP contribution in [-0.2, 0) is 19.1 Å². The maximum atomic E-state index is 13.3. The molecule has 2 N–H and O–H groups in total. The van der Waals surface area contributed by atoms with Crippen molar-refractivity contribution in [2.24, 2.45) is 16.7 Å². The van der Waals surface area contributed by atoms with Gasteiger partial charge in [0, 0.05) is 42.7 Å². The first-order valence-corrected chi connectivity index (χ1v) is 10.9. The summed E-state index contributed by atoms with van der Waals surface area (Å²) in [6, 6.07) is 8.74. The van der Waals surface area contributed by atoms with Crippen LogP contribution >= 0.6 is 0 Å². The Morgan fingerprint density at radius 1 is 0.844 bits per heavy atom. The summed E-state index contributed by atoms with van der Waals surface area (Å²) in [5.41, 5.74) is -0.299. The number of allylic oxidation sites excluding steroid dienone is 4. The standard InChI is InChI=1S/C26H32O6/c1-25(2)11-16(27)21(17(28)12-25)23(22-18(29)13-26(3,4)14-19(22)30)20(24(31)32-5)15-9-7-6-8-10-15/h6-10,20,23,27,29H,11-14H2,1-5H3. The number of ether oxygens (including phenoxy) is 1. The highest BCUT2D eigenvalue weighted by Gasteiger charge is 2.48. The van der Waals surface area contributed by atoms with Crippen LogP contribution in [0.2, 0.25) is 0 Å². The number of carbonyl (C=O) groups excluding carboxylic acids is 3. The number of ketones is 2. The van der Waals surface area contributed by atoms with Gasteiger partial charge in [-0.3, -0.25) is 14.4 Å². The highest BCUT2D eigenvalue weighted by atomic mass is 16.5. The van der Waals surface area contributed by atoms with Gasteiger partial charge < -0.3 is 14.9 Å². The molecule has 1 aromatic rings. The molecule has 0 saturated heterocycles. The van der Waals surface area contributed by atoms with Crippen molar-refractivity contribution >= 4 is 17.5 Å². The number of Topliss-reactive ketones (excluding diaryl/α,β-unsaturated/α-hetero) is 2. The highest BCUT2D eigenvalue weighted by Crippen LogP contribution is 2.48. The molecule has 6 nitrogen and oxygen atoms in total. The van der Waals surface area contributed by atoms with E-state index in [4.69, 9.17) is 4.74 Å². The van der Waals surface area contributed by atoms with Crippen LogP contribution in [0, 0.1) is 16.7 Å². The van der Waals surface area contributed by atoms with Gasteiger partial charge in [0.15, 0.2) is 11.6 Å². The molecule has 0 bridgehead atoms. The first kappa shape index (κ1) is 23.8. The van der Waals surface area contributed by atoms with Crippen LogP contribution in [0.15, 0.2) is 53.0 Å². The van der Waals surface area contributed by atoms with Gasteiger partial charge in [0.1, 0.15) is 11.5 Å². The monoisotopic (exact) mass is 440 g/mol. The number of benzene rings is 1. The molecule has 0 amide bonds. The Bertz CT molecular complexity index is 944. The van der Waals surface area contributed by atoms with Crippen LogP contribution < -0.4 is 0 Å². The predicted molar refractivity (Wildman–Crippen MR) is 120 cm³/mol. The molecular weight excluding hydrogens is 408 g/mol. The average molecular weight is 441 g/mol. The molecule has 0 fully saturated rings. The third-order valence-corrected chi connectivity index (χ3v) is 6.36. The molecule has 0 saturated carbocycles. The fourth-order valence-electron chi connectivity index (χ4n) is 5.04. The fourth-order valence-corrected chi connectivity index (χ4v) is 5.04. The van der Waals surface area contributed by atoms with Crippen LogP contribution in [0.4, 0.5) is 0 Å². The number of methoxy groups -OCH3 is 1. The summed E-state index contributed by atoms with van der Waals surface area (Å²) >= 11 is 0. The molecule has 6 heteroatoms. The maximum absolute atomic E-state index is 13.3. The number of aliphatic hydroxyl groups excluding tert-OH is 2. The van der Waals surface area contributed by atoms with Crippen molar-refractivity contribution in [2.75, 3.05) is 7.11 Å². The van der Waals surface area contributed by atoms with E-state index in [-0.39, 0.29) is 59.9 Å². The number of hydrogen-bond donors (Lipinski definition) is 2. The Hall–Kier alpha value is -2.89. The van der Waals surface area contributed by atoms with E-state index >= 15 is 0 Å². The van der Waals surface area contributed by atoms with Gasteiger partial charge >= 0.3 is 5.97 Å². The Morgan fingerprint density at radius 2 is 1.28 bits per heavy atom. The Kier molecular flexibility index (Phi) is 6.36. The summed E-state index contributed by atoms with van der Waals surface area (Å²) in [4.78, 5) is 39.7. The smallest absolute Gasteiger partial charge is 0.314 e. The van der Waals surface area contributed by atoms with Gasteiger partial charge in [-0.15, -0.1) is 0 Å². The zero-order valence-corrected chi connectivity index (χ0v) is 19.4. The van der Waals surface area contributed by atoms with E-state index in [9.17, 15) is 24.6 Å². The van der Waals surface area contributed by atoms with E-state index in [0.717, 1.165) is 0 Å². The Balaban J connectivity index is 2.31. The van der Waals surface area contributed by atoms with Crippen molar-refractivity contribution in [3.05, 3.63) is 58.6 Å². The van der Waals surface area contributed by atoms with Gasteiger partial charge in [0.25, 0.3) is 0 Å². The molecule has 0 radical (unpaired) electrons. The minimum Gasteiger partial charge on any atom is -0.512 e. The highest BCUT2D eigenvalue weighted by molar-refractivity contribution is 6.05. The van der Waals surface area contributed by atoms with Crippen LogP contribution in [-0.4, -0.2) is 34.9 Å². The topological polar surface area (TPSA) is 101 Å². The molecule has 3 rings (SSSR count). The van der Waals surface area contributed by atoms with Crippen molar-refractivity contribution in [3.8, 4) is 0 Å². The molecule has 32 heavy (non-hydrogen) atoms. The minimum absolute atomic E-state index is 0.0261. The van der Waals surface area contributed by atoms with Gasteiger partial charge in [-0.2, -0.15) is 0 Å². The summed E-state index contributed by atoms with van der Waals surface area (Å²) in [5, 5.41) is 22.0. The first-order chi connectivity index (χ1) is 14.9. The first-order valence-electron chi connectivity index (χ1n) is 10.9. The summed E-state index contributed by atoms with van der Waals surface area (Å²) in [6.07, 6.45) is 0.806. The average Bonchev–Trinajstić information content (AvgIpc) is 2.65. The van der Waals surface area contributed by atoms with E-state index in [2.05, 4.69) is 0 Å². The number of carbonyl (C=O) groups is 3. The summed E-state index contributed by atoms with van der Waals surface area (Å²) in [6.45, 7) is 7.53. The molecule has 0 aliphatic heterocycles. The molecule has 172 valence electrons. The lowest BCUT2D eigenvalue weighted by Gasteiger charge is -2.38. The van der Waals surface area contributed by atoms with Gasteiger partial charge in [-0.1, -0.05) is 58.0 Å². The molecule has 2 aliphatic rings. The van der Waals surface area contributed by atoms with E-state index in [1.807, 2.05) is 27.7 Å². The second kappa shape index (κ2) is 8.57. The third kappa shape index (κ3) is 4.64. The molecule has 1 atom stereocenters. The zero-order chi connectivity index (χ0) is 23.8. The normalized spacial score (nSPS) is 21.7. The molecule has 1 unspecified atom stereocenters. The fraction of sp³-hybridized carbons (Fsp3) is 0.500. The number of aliphatic hydroxyl groups is 2. The minimum atomic E-state index is -1.13. The van der Waals surface area contributed by atoms with E-state index in [0.29, 0.717) is 5.56 Å². The van der Waals surface area contributed by atoms with Crippen molar-refractivity contribution < 1.29 is 29.3 Å². The quantitative estimate of drug-likeness (QED) is 0.628. The Morgan fingerprint density at radius 3 is 1.66 bits per heavy atom. The van der Waals surface area contributed by atoms with Gasteiger partial charge in [-0.05, 0) is 16.4 Å². The maximum Gasteiger partial charge on any atom is 0.314 e. The second-order valence-corrected chi connectivity index (χ2v) is 10.5. The number of hydrogen-bond acceptors (Lipinski definition) is 6. The van der Waals surface area contributed by atoms with Gasteiger partial charge in [-0.25, -0.2) is 0 Å². The van der Waals surface area contributed by atoms with Crippen LogP contribution in [0.5, 0.6) is 0 Å². The Labute approximate surface area is 189 Å². The summed E-state index contributed by atoms with van der Waals surface area (Å²) < 4.78 is 5.08. The molecular formula is C26H32O6. The van der Waals surface area contributed by atoms with Gasteiger partial charge in [0.05, 0.1) is 13.0 Å². The molecule has 0 spiro atoms. The lowest BCUT2D eigenvalue weighted by molar-refractivity contribution is -0.143. The third-order valence-electron chi connectivity index (χ3n) is 6.36. The summed E-state index contributed by atoms with van der Waals surface area (Å²) in [7, 11) is 1.25. The molecule has 0 heterocycles. The van der Waals surface area contributed by atoms with Crippen molar-refractivity contribution in [1.29, 1.82) is 0 Å². The molecule has 2 aliphatic carbocycles. The van der Waals surface area contributed by atoms with Crippen molar-refractivity contribution in [1.82, 2.24) is 0 Å². The largest absolute Gasteiger partial charge is 0.512 e. The van der Waals surface area contributed by atoms with E-state index < -0.39 is 28.6 Å². The lowest BCUT2D eigenvalue weighted by Crippen LogP contribution is -2.39. The van der Waals surface area contributed by atoms with E-state index in [1.165, 1.54) is 7.11 Å². The summed E-state index contributed by atoms with van der Waals surface area (Å²) in [5.74, 6) is -3.77. The van der Waals surface area contributed by atoms with Crippen molar-refractivity contribution in [2.45, 2.75) is 59.3 Å². The zero-order valence-electron chi connectivity index (χ0n) is 19.4.